The Hall–Kier alpha value is -2.68. The number of benzene rings is 2. The van der Waals surface area contributed by atoms with E-state index in [4.69, 9.17) is 18.9 Å². The number of fused-ring (bicyclic) bond motifs is 1. The number of aliphatic hydroxyl groups excluding tert-OH is 2. The maximum atomic E-state index is 10.8. The first-order valence-corrected chi connectivity index (χ1v) is 11.9. The third-order valence-corrected chi connectivity index (χ3v) is 5.85. The van der Waals surface area contributed by atoms with Gasteiger partial charge in [-0.3, -0.25) is 0 Å². The Morgan fingerprint density at radius 3 is 1.54 bits per heavy atom. The van der Waals surface area contributed by atoms with Gasteiger partial charge in [-0.05, 0) is 25.0 Å². The lowest BCUT2D eigenvalue weighted by atomic mass is 9.98. The summed E-state index contributed by atoms with van der Waals surface area (Å²) >= 11 is 0. The molecule has 0 spiro atoms. The minimum absolute atomic E-state index is 0.136. The third kappa shape index (κ3) is 7.16. The molecule has 4 rings (SSSR count). The van der Waals surface area contributed by atoms with E-state index in [-0.39, 0.29) is 12.8 Å². The van der Waals surface area contributed by atoms with Gasteiger partial charge in [0.2, 0.25) is 0 Å². The van der Waals surface area contributed by atoms with Crippen LogP contribution in [0, 0.1) is 23.7 Å². The van der Waals surface area contributed by atoms with E-state index in [9.17, 15) is 10.2 Å². The van der Waals surface area contributed by atoms with Crippen LogP contribution in [0.25, 0.3) is 0 Å². The van der Waals surface area contributed by atoms with E-state index in [1.165, 1.54) is 0 Å². The molecule has 2 N–H and O–H groups in total. The van der Waals surface area contributed by atoms with Crippen LogP contribution in [0.1, 0.15) is 37.8 Å². The summed E-state index contributed by atoms with van der Waals surface area (Å²) in [7, 11) is 0. The molecular weight excluding hydrogens is 444 g/mol. The van der Waals surface area contributed by atoms with Crippen LogP contribution in [-0.2, 0) is 32.2 Å². The van der Waals surface area contributed by atoms with E-state index >= 15 is 0 Å². The van der Waals surface area contributed by atoms with Crippen molar-refractivity contribution in [3.8, 4) is 23.7 Å². The van der Waals surface area contributed by atoms with Gasteiger partial charge in [0.25, 0.3) is 0 Å². The minimum atomic E-state index is -0.935. The molecule has 184 valence electrons. The van der Waals surface area contributed by atoms with Gasteiger partial charge in [-0.2, -0.15) is 0 Å². The van der Waals surface area contributed by atoms with Gasteiger partial charge in [0, 0.05) is 12.8 Å². The number of ether oxygens (including phenoxy) is 4. The normalized spacial score (nSPS) is 29.9. The lowest BCUT2D eigenvalue weighted by molar-refractivity contribution is -0.160. The molecule has 6 heteroatoms. The highest BCUT2D eigenvalue weighted by Gasteiger charge is 2.47. The van der Waals surface area contributed by atoms with Crippen LogP contribution in [-0.4, -0.2) is 52.6 Å². The zero-order valence-corrected chi connectivity index (χ0v) is 20.1. The van der Waals surface area contributed by atoms with Crippen LogP contribution < -0.4 is 0 Å². The van der Waals surface area contributed by atoms with Gasteiger partial charge >= 0.3 is 0 Å². The Labute approximate surface area is 207 Å². The predicted molar refractivity (Wildman–Crippen MR) is 131 cm³/mol. The Bertz CT molecular complexity index is 977. The van der Waals surface area contributed by atoms with Crippen LogP contribution in [0.3, 0.4) is 0 Å². The monoisotopic (exact) mass is 476 g/mol. The zero-order chi connectivity index (χ0) is 24.7. The van der Waals surface area contributed by atoms with Crippen molar-refractivity contribution >= 4 is 0 Å². The fraction of sp³-hybridized carbons (Fsp3) is 0.448. The van der Waals surface area contributed by atoms with Crippen molar-refractivity contribution in [2.75, 3.05) is 0 Å². The number of rotatable bonds is 6. The lowest BCUT2D eigenvalue weighted by Gasteiger charge is -2.25. The fourth-order valence-electron chi connectivity index (χ4n) is 4.10. The molecule has 2 aromatic carbocycles. The predicted octanol–water partition coefficient (Wildman–Crippen LogP) is 3.20. The molecule has 0 aromatic heterocycles. The first kappa shape index (κ1) is 25.4. The maximum absolute atomic E-state index is 10.8. The van der Waals surface area contributed by atoms with Crippen LogP contribution in [0.2, 0.25) is 0 Å². The number of hydrogen-bond acceptors (Lipinski definition) is 6. The van der Waals surface area contributed by atoms with Crippen LogP contribution in [0.15, 0.2) is 60.7 Å². The quantitative estimate of drug-likeness (QED) is 0.624. The van der Waals surface area contributed by atoms with E-state index in [1.807, 2.05) is 60.7 Å². The average molecular weight is 477 g/mol. The molecule has 2 aliphatic rings. The molecule has 2 aromatic rings. The van der Waals surface area contributed by atoms with Crippen molar-refractivity contribution in [2.24, 2.45) is 0 Å². The molecule has 0 saturated carbocycles. The highest BCUT2D eigenvalue weighted by atomic mass is 16.8. The minimum Gasteiger partial charge on any atom is -0.389 e. The smallest absolute Gasteiger partial charge is 0.164 e. The topological polar surface area (TPSA) is 77.4 Å². The highest BCUT2D eigenvalue weighted by molar-refractivity contribution is 5.21. The van der Waals surface area contributed by atoms with Gasteiger partial charge in [-0.1, -0.05) is 84.3 Å². The molecule has 6 nitrogen and oxygen atoms in total. The molecule has 6 atom stereocenters. The summed E-state index contributed by atoms with van der Waals surface area (Å²) in [6.07, 6.45) is -4.31. The van der Waals surface area contributed by atoms with Crippen LogP contribution >= 0.6 is 0 Å². The second kappa shape index (κ2) is 11.8. The highest BCUT2D eigenvalue weighted by Crippen LogP contribution is 2.33. The lowest BCUT2D eigenvalue weighted by Crippen LogP contribution is -2.42. The van der Waals surface area contributed by atoms with Crippen molar-refractivity contribution in [2.45, 2.75) is 82.3 Å². The molecule has 1 unspecified atom stereocenters. The second-order valence-corrected chi connectivity index (χ2v) is 9.18. The van der Waals surface area contributed by atoms with Crippen LogP contribution in [0.5, 0.6) is 0 Å². The zero-order valence-electron chi connectivity index (χ0n) is 20.1. The summed E-state index contributed by atoms with van der Waals surface area (Å²) in [4.78, 5) is 0. The molecule has 1 fully saturated rings. The summed E-state index contributed by atoms with van der Waals surface area (Å²) in [5.74, 6) is 11.4. The van der Waals surface area contributed by atoms with Gasteiger partial charge in [-0.15, -0.1) is 0 Å². The average Bonchev–Trinajstić information content (AvgIpc) is 3.19. The van der Waals surface area contributed by atoms with Crippen molar-refractivity contribution in [1.82, 2.24) is 0 Å². The molecule has 0 amide bonds. The third-order valence-electron chi connectivity index (χ3n) is 5.85. The molecule has 1 saturated heterocycles. The Balaban J connectivity index is 1.57. The van der Waals surface area contributed by atoms with E-state index in [0.717, 1.165) is 11.1 Å². The standard InChI is InChI=1S/C29H32O6/c1-29(2)34-27-23(30)15-9-17-25(32-19-21-11-5-3-6-12-21)26(18-10-16-24(31)28(27)35-29)33-20-22-13-7-4-8-14-22/h3-8,11-14,23-28,30-31H,15-16,19-20H2,1-2H3/t23-,24-,25+,26?,27-,28-/m1/s1. The molecule has 1 aliphatic heterocycles. The second-order valence-electron chi connectivity index (χ2n) is 9.18. The molecule has 0 radical (unpaired) electrons. The van der Waals surface area contributed by atoms with E-state index in [1.54, 1.807) is 13.8 Å². The fourth-order valence-corrected chi connectivity index (χ4v) is 4.10. The van der Waals surface area contributed by atoms with Gasteiger partial charge in [-0.25, -0.2) is 0 Å². The summed E-state index contributed by atoms with van der Waals surface area (Å²) < 4.78 is 24.1. The van der Waals surface area contributed by atoms with Crippen molar-refractivity contribution in [1.29, 1.82) is 0 Å². The van der Waals surface area contributed by atoms with E-state index in [2.05, 4.69) is 23.7 Å². The largest absolute Gasteiger partial charge is 0.389 e. The Kier molecular flexibility index (Phi) is 8.59. The molecule has 1 aliphatic carbocycles. The number of aliphatic hydroxyl groups is 2. The van der Waals surface area contributed by atoms with Crippen molar-refractivity contribution < 1.29 is 29.2 Å². The summed E-state index contributed by atoms with van der Waals surface area (Å²) in [6.45, 7) is 4.20. The summed E-state index contributed by atoms with van der Waals surface area (Å²) in [6, 6.07) is 19.6. The molecular formula is C29H32O6. The molecule has 35 heavy (non-hydrogen) atoms. The van der Waals surface area contributed by atoms with Crippen molar-refractivity contribution in [3.63, 3.8) is 0 Å². The van der Waals surface area contributed by atoms with E-state index < -0.39 is 42.4 Å². The first-order chi connectivity index (χ1) is 16.9. The molecule has 1 heterocycles. The molecule has 0 bridgehead atoms. The van der Waals surface area contributed by atoms with Crippen LogP contribution in [0.4, 0.5) is 0 Å². The first-order valence-electron chi connectivity index (χ1n) is 11.9. The van der Waals surface area contributed by atoms with Gasteiger partial charge < -0.3 is 29.2 Å². The SMILES string of the molecule is CC1(C)O[C@H]2[C@H](O1)[C@H](O)CC#C[C@H](OCc1ccccc1)C(OCc1ccccc1)C#CC[C@H]2O. The van der Waals surface area contributed by atoms with Gasteiger partial charge in [0.15, 0.2) is 18.0 Å². The van der Waals surface area contributed by atoms with E-state index in [0.29, 0.717) is 13.2 Å². The summed E-state index contributed by atoms with van der Waals surface area (Å²) in [5.41, 5.74) is 2.01. The summed E-state index contributed by atoms with van der Waals surface area (Å²) in [5, 5.41) is 21.6. The van der Waals surface area contributed by atoms with Gasteiger partial charge in [0.1, 0.15) is 12.2 Å². The Morgan fingerprint density at radius 2 is 1.14 bits per heavy atom. The van der Waals surface area contributed by atoms with Crippen molar-refractivity contribution in [3.05, 3.63) is 71.8 Å². The Morgan fingerprint density at radius 1 is 0.743 bits per heavy atom. The number of hydrogen-bond donors (Lipinski definition) is 2. The maximum Gasteiger partial charge on any atom is 0.164 e. The van der Waals surface area contributed by atoms with Gasteiger partial charge in [0.05, 0.1) is 25.4 Å².